The number of rotatable bonds is 8. The van der Waals surface area contributed by atoms with Gasteiger partial charge in [-0.1, -0.05) is 42.8 Å². The van der Waals surface area contributed by atoms with Crippen LogP contribution in [0.1, 0.15) is 24.5 Å². The second kappa shape index (κ2) is 10.4. The van der Waals surface area contributed by atoms with Gasteiger partial charge >= 0.3 is 11.9 Å². The molecule has 1 atom stereocenters. The number of anilines is 1. The van der Waals surface area contributed by atoms with E-state index in [-0.39, 0.29) is 24.3 Å². The molecule has 0 aliphatic carbocycles. The summed E-state index contributed by atoms with van der Waals surface area (Å²) >= 11 is 6.26. The van der Waals surface area contributed by atoms with Gasteiger partial charge in [-0.2, -0.15) is 0 Å². The Balaban J connectivity index is 1.88. The number of hydrogen-bond acceptors (Lipinski definition) is 6. The van der Waals surface area contributed by atoms with E-state index in [2.05, 4.69) is 4.99 Å². The number of amidine groups is 1. The van der Waals surface area contributed by atoms with Crippen molar-refractivity contribution in [1.29, 1.82) is 0 Å². The molecule has 0 bridgehead atoms. The van der Waals surface area contributed by atoms with E-state index in [0.717, 1.165) is 17.7 Å². The fourth-order valence-corrected chi connectivity index (χ4v) is 3.17. The van der Waals surface area contributed by atoms with Crippen LogP contribution in [-0.4, -0.2) is 48.0 Å². The molecule has 1 amide bonds. The summed E-state index contributed by atoms with van der Waals surface area (Å²) in [5.41, 5.74) is 2.29. The van der Waals surface area contributed by atoms with Gasteiger partial charge in [-0.05, 0) is 48.7 Å². The van der Waals surface area contributed by atoms with Gasteiger partial charge in [-0.3, -0.25) is 4.79 Å². The van der Waals surface area contributed by atoms with Crippen LogP contribution in [0.5, 0.6) is 5.75 Å². The van der Waals surface area contributed by atoms with Crippen LogP contribution in [0.15, 0.2) is 53.2 Å². The molecule has 1 heterocycles. The van der Waals surface area contributed by atoms with Crippen LogP contribution < -0.4 is 9.64 Å². The van der Waals surface area contributed by atoms with Crippen molar-refractivity contribution in [2.24, 2.45) is 4.99 Å². The summed E-state index contributed by atoms with van der Waals surface area (Å²) in [5.74, 6) is 0.187. The minimum atomic E-state index is -0.990. The summed E-state index contributed by atoms with van der Waals surface area (Å²) in [7, 11) is 0. The molecule has 2 aromatic rings. The number of halogens is 1. The molecular formula is C23H25ClN2O5. The number of amides is 1. The SMILES string of the molecule is CCC/N=C1\O/C(=C/c2ccc(OC[C@@H](O)CO)c(Cl)c2)C(=O)N1c1ccccc1C. The number of aliphatic imine (C=N–C) groups is 1. The Morgan fingerprint density at radius 3 is 2.74 bits per heavy atom. The van der Waals surface area contributed by atoms with Crippen LogP contribution in [-0.2, 0) is 9.53 Å². The summed E-state index contributed by atoms with van der Waals surface area (Å²) in [5, 5.41) is 18.6. The maximum absolute atomic E-state index is 13.1. The molecule has 3 rings (SSSR count). The van der Waals surface area contributed by atoms with Crippen LogP contribution in [0.4, 0.5) is 5.69 Å². The second-order valence-electron chi connectivity index (χ2n) is 7.04. The van der Waals surface area contributed by atoms with Gasteiger partial charge in [0, 0.05) is 6.54 Å². The van der Waals surface area contributed by atoms with Crippen LogP contribution in [0.25, 0.3) is 6.08 Å². The summed E-state index contributed by atoms with van der Waals surface area (Å²) in [6.07, 6.45) is 1.43. The first kappa shape index (κ1) is 22.8. The number of carbonyl (C=O) groups excluding carboxylic acids is 1. The van der Waals surface area contributed by atoms with Crippen molar-refractivity contribution in [3.05, 3.63) is 64.4 Å². The number of para-hydroxylation sites is 1. The van der Waals surface area contributed by atoms with Crippen LogP contribution in [0.2, 0.25) is 5.02 Å². The van der Waals surface area contributed by atoms with Crippen molar-refractivity contribution < 1.29 is 24.5 Å². The molecule has 164 valence electrons. The summed E-state index contributed by atoms with van der Waals surface area (Å²) < 4.78 is 11.2. The quantitative estimate of drug-likeness (QED) is 0.607. The number of carbonyl (C=O) groups is 1. The Labute approximate surface area is 186 Å². The molecule has 8 heteroatoms. The Morgan fingerprint density at radius 2 is 2.06 bits per heavy atom. The maximum Gasteiger partial charge on any atom is 0.305 e. The Hall–Kier alpha value is -2.87. The van der Waals surface area contributed by atoms with Crippen LogP contribution >= 0.6 is 11.6 Å². The molecule has 7 nitrogen and oxygen atoms in total. The Bertz CT molecular complexity index is 1010. The predicted molar refractivity (Wildman–Crippen MR) is 120 cm³/mol. The van der Waals surface area contributed by atoms with Gasteiger partial charge in [-0.15, -0.1) is 0 Å². The zero-order valence-electron chi connectivity index (χ0n) is 17.4. The Morgan fingerprint density at radius 1 is 1.29 bits per heavy atom. The highest BCUT2D eigenvalue weighted by Gasteiger charge is 2.36. The zero-order valence-corrected chi connectivity index (χ0v) is 18.2. The van der Waals surface area contributed by atoms with Gasteiger partial charge in [0.25, 0.3) is 0 Å². The van der Waals surface area contributed by atoms with Crippen molar-refractivity contribution in [3.63, 3.8) is 0 Å². The molecule has 31 heavy (non-hydrogen) atoms. The number of aryl methyl sites for hydroxylation is 1. The molecule has 1 fully saturated rings. The molecule has 0 aromatic heterocycles. The van der Waals surface area contributed by atoms with Gasteiger partial charge in [0.15, 0.2) is 5.76 Å². The van der Waals surface area contributed by atoms with E-state index in [9.17, 15) is 9.90 Å². The van der Waals surface area contributed by atoms with E-state index in [0.29, 0.717) is 22.9 Å². The molecule has 0 radical (unpaired) electrons. The zero-order chi connectivity index (χ0) is 22.4. The third-order valence-electron chi connectivity index (χ3n) is 4.53. The first-order valence-corrected chi connectivity index (χ1v) is 10.4. The normalized spacial score (nSPS) is 17.3. The van der Waals surface area contributed by atoms with Crippen molar-refractivity contribution in [3.8, 4) is 5.75 Å². The fourth-order valence-electron chi connectivity index (χ4n) is 2.93. The molecule has 1 aliphatic heterocycles. The van der Waals surface area contributed by atoms with Gasteiger partial charge < -0.3 is 19.7 Å². The van der Waals surface area contributed by atoms with E-state index in [1.807, 2.05) is 38.1 Å². The minimum absolute atomic E-state index is 0.0824. The standard InChI is InChI=1S/C23H25ClN2O5/c1-3-10-25-23-26(19-7-5-4-6-15(19)2)22(29)21(31-23)12-16-8-9-20(18(24)11-16)30-14-17(28)13-27/h4-9,11-12,17,27-28H,3,10,13-14H2,1-2H3/b21-12+,25-23-/t17-/m0/s1. The van der Waals surface area contributed by atoms with Crippen molar-refractivity contribution in [1.82, 2.24) is 0 Å². The first-order valence-electron chi connectivity index (χ1n) is 10.00. The van der Waals surface area contributed by atoms with E-state index >= 15 is 0 Å². The van der Waals surface area contributed by atoms with Crippen LogP contribution in [0, 0.1) is 6.92 Å². The van der Waals surface area contributed by atoms with Crippen molar-refractivity contribution in [2.75, 3.05) is 24.7 Å². The predicted octanol–water partition coefficient (Wildman–Crippen LogP) is 3.55. The lowest BCUT2D eigenvalue weighted by Crippen LogP contribution is -2.30. The van der Waals surface area contributed by atoms with Gasteiger partial charge in [-0.25, -0.2) is 9.89 Å². The summed E-state index contributed by atoms with van der Waals surface area (Å²) in [6, 6.07) is 12.8. The number of ether oxygens (including phenoxy) is 2. The fraction of sp³-hybridized carbons (Fsp3) is 0.304. The first-order chi connectivity index (χ1) is 14.9. The van der Waals surface area contributed by atoms with E-state index in [4.69, 9.17) is 26.2 Å². The molecule has 2 N–H and O–H groups in total. The largest absolute Gasteiger partial charge is 0.489 e. The molecule has 1 saturated heterocycles. The van der Waals surface area contributed by atoms with Gasteiger partial charge in [0.2, 0.25) is 0 Å². The third kappa shape index (κ3) is 5.44. The van der Waals surface area contributed by atoms with E-state index < -0.39 is 12.7 Å². The van der Waals surface area contributed by atoms with Crippen molar-refractivity contribution in [2.45, 2.75) is 26.4 Å². The van der Waals surface area contributed by atoms with Crippen molar-refractivity contribution >= 4 is 35.3 Å². The van der Waals surface area contributed by atoms with Gasteiger partial charge in [0.05, 0.1) is 17.3 Å². The lowest BCUT2D eigenvalue weighted by atomic mass is 10.1. The van der Waals surface area contributed by atoms with Gasteiger partial charge in [0.1, 0.15) is 18.5 Å². The second-order valence-corrected chi connectivity index (χ2v) is 7.45. The highest BCUT2D eigenvalue weighted by molar-refractivity contribution is 6.32. The summed E-state index contributed by atoms with van der Waals surface area (Å²) in [4.78, 5) is 19.1. The molecule has 0 unspecified atom stereocenters. The summed E-state index contributed by atoms with van der Waals surface area (Å²) in [6.45, 7) is 3.98. The number of aliphatic hydroxyl groups is 2. The number of aliphatic hydroxyl groups excluding tert-OH is 2. The smallest absolute Gasteiger partial charge is 0.305 e. The maximum atomic E-state index is 13.1. The molecule has 1 aliphatic rings. The molecule has 0 spiro atoms. The lowest BCUT2D eigenvalue weighted by molar-refractivity contribution is -0.114. The number of nitrogens with zero attached hydrogens (tertiary/aromatic N) is 2. The lowest BCUT2D eigenvalue weighted by Gasteiger charge is -2.15. The monoisotopic (exact) mass is 444 g/mol. The third-order valence-corrected chi connectivity index (χ3v) is 4.82. The average Bonchev–Trinajstić information content (AvgIpc) is 3.06. The minimum Gasteiger partial charge on any atom is -0.489 e. The molecule has 0 saturated carbocycles. The van der Waals surface area contributed by atoms with E-state index in [1.165, 1.54) is 4.90 Å². The van der Waals surface area contributed by atoms with Crippen LogP contribution in [0.3, 0.4) is 0 Å². The number of hydrogen-bond donors (Lipinski definition) is 2. The Kier molecular flexibility index (Phi) is 7.68. The number of benzene rings is 2. The van der Waals surface area contributed by atoms with E-state index in [1.54, 1.807) is 24.3 Å². The topological polar surface area (TPSA) is 91.6 Å². The highest BCUT2D eigenvalue weighted by atomic mass is 35.5. The molecule has 2 aromatic carbocycles. The molecular weight excluding hydrogens is 420 g/mol. The average molecular weight is 445 g/mol. The highest BCUT2D eigenvalue weighted by Crippen LogP contribution is 2.31.